The molecule has 1 heterocycles. The second kappa shape index (κ2) is 8.01. The van der Waals surface area contributed by atoms with E-state index in [4.69, 9.17) is 0 Å². The molecule has 2 aromatic rings. The fourth-order valence-corrected chi connectivity index (χ4v) is 1.35. The minimum atomic E-state index is 0.991. The lowest BCUT2D eigenvalue weighted by Crippen LogP contribution is -1.90. The minimum Gasteiger partial charge on any atom is -0.278 e. The van der Waals surface area contributed by atoms with Gasteiger partial charge in [0.15, 0.2) is 0 Å². The molecule has 0 amide bonds. The van der Waals surface area contributed by atoms with Gasteiger partial charge in [0.05, 0.1) is 11.9 Å². The highest BCUT2D eigenvalue weighted by molar-refractivity contribution is 5.79. The van der Waals surface area contributed by atoms with E-state index in [-0.39, 0.29) is 0 Å². The highest BCUT2D eigenvalue weighted by Crippen LogP contribution is 2.08. The van der Waals surface area contributed by atoms with Crippen LogP contribution in [0.3, 0.4) is 0 Å². The maximum atomic E-state index is 4.15. The monoisotopic (exact) mass is 241 g/mol. The second-order valence-electron chi connectivity index (χ2n) is 3.52. The van der Waals surface area contributed by atoms with Crippen molar-refractivity contribution in [2.24, 2.45) is 5.10 Å². The largest absolute Gasteiger partial charge is 0.278 e. The molecule has 0 spiro atoms. The van der Waals surface area contributed by atoms with E-state index >= 15 is 0 Å². The van der Waals surface area contributed by atoms with Crippen molar-refractivity contribution in [2.75, 3.05) is 5.43 Å². The molecule has 3 nitrogen and oxygen atoms in total. The van der Waals surface area contributed by atoms with Crippen molar-refractivity contribution < 1.29 is 0 Å². The molecule has 1 aromatic carbocycles. The normalized spacial score (nSPS) is 9.72. The molecule has 0 radical (unpaired) electrons. The van der Waals surface area contributed by atoms with Crippen LogP contribution >= 0.6 is 0 Å². The minimum absolute atomic E-state index is 0.991. The van der Waals surface area contributed by atoms with Crippen molar-refractivity contribution >= 4 is 11.9 Å². The SMILES string of the molecule is CC.Cc1cccc(N/N=C/c2ccncc2)c1. The van der Waals surface area contributed by atoms with Crippen LogP contribution in [0, 0.1) is 6.92 Å². The van der Waals surface area contributed by atoms with E-state index in [1.165, 1.54) is 5.56 Å². The van der Waals surface area contributed by atoms with Crippen LogP contribution in [0.15, 0.2) is 53.9 Å². The predicted molar refractivity (Wildman–Crippen MR) is 78.0 cm³/mol. The molecule has 18 heavy (non-hydrogen) atoms. The summed E-state index contributed by atoms with van der Waals surface area (Å²) in [7, 11) is 0. The van der Waals surface area contributed by atoms with E-state index in [1.54, 1.807) is 18.6 Å². The number of benzene rings is 1. The first kappa shape index (κ1) is 13.9. The van der Waals surface area contributed by atoms with E-state index in [0.29, 0.717) is 0 Å². The highest BCUT2D eigenvalue weighted by atomic mass is 15.3. The number of hydrogen-bond donors (Lipinski definition) is 1. The van der Waals surface area contributed by atoms with Crippen molar-refractivity contribution in [1.29, 1.82) is 0 Å². The average molecular weight is 241 g/mol. The van der Waals surface area contributed by atoms with E-state index in [9.17, 15) is 0 Å². The van der Waals surface area contributed by atoms with Gasteiger partial charge in [-0.1, -0.05) is 26.0 Å². The summed E-state index contributed by atoms with van der Waals surface area (Å²) in [6.45, 7) is 6.05. The third kappa shape index (κ3) is 4.78. The Morgan fingerprint density at radius 3 is 2.50 bits per heavy atom. The van der Waals surface area contributed by atoms with Crippen molar-refractivity contribution in [3.63, 3.8) is 0 Å². The first-order chi connectivity index (χ1) is 8.84. The molecule has 0 fully saturated rings. The fraction of sp³-hybridized carbons (Fsp3) is 0.200. The number of aromatic nitrogens is 1. The van der Waals surface area contributed by atoms with Gasteiger partial charge in [0.1, 0.15) is 0 Å². The van der Waals surface area contributed by atoms with Gasteiger partial charge in [0, 0.05) is 12.4 Å². The first-order valence-corrected chi connectivity index (χ1v) is 6.10. The molecule has 2 rings (SSSR count). The number of hydrazone groups is 1. The predicted octanol–water partition coefficient (Wildman–Crippen LogP) is 3.86. The molecule has 1 N–H and O–H groups in total. The van der Waals surface area contributed by atoms with Gasteiger partial charge in [0.25, 0.3) is 0 Å². The third-order valence-electron chi connectivity index (χ3n) is 2.13. The standard InChI is InChI=1S/C13H13N3.C2H6/c1-11-3-2-4-13(9-11)16-15-10-12-5-7-14-8-6-12;1-2/h2-10,16H,1H3;1-2H3/b15-10+;. The molecule has 0 saturated carbocycles. The molecule has 0 saturated heterocycles. The Balaban J connectivity index is 0.000000771. The lowest BCUT2D eigenvalue weighted by molar-refractivity contribution is 1.31. The number of hydrogen-bond acceptors (Lipinski definition) is 3. The molecule has 0 aliphatic carbocycles. The molecular formula is C15H19N3. The van der Waals surface area contributed by atoms with Crippen LogP contribution in [-0.2, 0) is 0 Å². The summed E-state index contributed by atoms with van der Waals surface area (Å²) in [5.41, 5.74) is 6.21. The number of nitrogens with zero attached hydrogens (tertiary/aromatic N) is 2. The Morgan fingerprint density at radius 1 is 1.11 bits per heavy atom. The highest BCUT2D eigenvalue weighted by Gasteiger charge is 1.89. The number of anilines is 1. The fourth-order valence-electron chi connectivity index (χ4n) is 1.35. The third-order valence-corrected chi connectivity index (χ3v) is 2.13. The molecule has 0 unspecified atom stereocenters. The molecule has 1 aromatic heterocycles. The smallest absolute Gasteiger partial charge is 0.0564 e. The molecular weight excluding hydrogens is 222 g/mol. The second-order valence-corrected chi connectivity index (χ2v) is 3.52. The van der Waals surface area contributed by atoms with Crippen molar-refractivity contribution in [3.8, 4) is 0 Å². The zero-order chi connectivity index (χ0) is 13.2. The Kier molecular flexibility index (Phi) is 6.19. The number of rotatable bonds is 3. The molecule has 0 aliphatic rings. The van der Waals surface area contributed by atoms with Gasteiger partial charge < -0.3 is 0 Å². The van der Waals surface area contributed by atoms with Crippen LogP contribution in [0.2, 0.25) is 0 Å². The van der Waals surface area contributed by atoms with Gasteiger partial charge in [-0.3, -0.25) is 10.4 Å². The lowest BCUT2D eigenvalue weighted by atomic mass is 10.2. The van der Waals surface area contributed by atoms with Crippen LogP contribution in [0.1, 0.15) is 25.0 Å². The van der Waals surface area contributed by atoms with Crippen molar-refractivity contribution in [2.45, 2.75) is 20.8 Å². The van der Waals surface area contributed by atoms with E-state index in [2.05, 4.69) is 28.5 Å². The Hall–Kier alpha value is -2.16. The van der Waals surface area contributed by atoms with Gasteiger partial charge in [-0.25, -0.2) is 0 Å². The van der Waals surface area contributed by atoms with Gasteiger partial charge in [-0.05, 0) is 42.3 Å². The van der Waals surface area contributed by atoms with E-state index in [0.717, 1.165) is 11.3 Å². The summed E-state index contributed by atoms with van der Waals surface area (Å²) in [5.74, 6) is 0. The number of aryl methyl sites for hydroxylation is 1. The maximum absolute atomic E-state index is 4.15. The van der Waals surface area contributed by atoms with Gasteiger partial charge >= 0.3 is 0 Å². The summed E-state index contributed by atoms with van der Waals surface area (Å²) in [5, 5.41) is 4.15. The van der Waals surface area contributed by atoms with E-state index < -0.39 is 0 Å². The maximum Gasteiger partial charge on any atom is 0.0564 e. The summed E-state index contributed by atoms with van der Waals surface area (Å²) in [6.07, 6.45) is 5.26. The van der Waals surface area contributed by atoms with Crippen LogP contribution in [-0.4, -0.2) is 11.2 Å². The van der Waals surface area contributed by atoms with Crippen LogP contribution < -0.4 is 5.43 Å². The molecule has 0 atom stereocenters. The van der Waals surface area contributed by atoms with Gasteiger partial charge in [0.2, 0.25) is 0 Å². The summed E-state index contributed by atoms with van der Waals surface area (Å²) < 4.78 is 0. The Bertz CT molecular complexity index is 478. The first-order valence-electron chi connectivity index (χ1n) is 6.10. The molecule has 0 aliphatic heterocycles. The number of nitrogens with one attached hydrogen (secondary N) is 1. The molecule has 0 bridgehead atoms. The van der Waals surface area contributed by atoms with Gasteiger partial charge in [-0.15, -0.1) is 0 Å². The van der Waals surface area contributed by atoms with Crippen molar-refractivity contribution in [3.05, 3.63) is 59.9 Å². The lowest BCUT2D eigenvalue weighted by Gasteiger charge is -2.00. The van der Waals surface area contributed by atoms with Gasteiger partial charge in [-0.2, -0.15) is 5.10 Å². The van der Waals surface area contributed by atoms with Crippen LogP contribution in [0.5, 0.6) is 0 Å². The summed E-state index contributed by atoms with van der Waals surface area (Å²) >= 11 is 0. The number of pyridine rings is 1. The average Bonchev–Trinajstić information content (AvgIpc) is 2.42. The summed E-state index contributed by atoms with van der Waals surface area (Å²) in [4.78, 5) is 3.94. The zero-order valence-corrected chi connectivity index (χ0v) is 11.1. The topological polar surface area (TPSA) is 37.3 Å². The Morgan fingerprint density at radius 2 is 1.83 bits per heavy atom. The van der Waals surface area contributed by atoms with Crippen molar-refractivity contribution in [1.82, 2.24) is 4.98 Å². The quantitative estimate of drug-likeness (QED) is 0.654. The zero-order valence-electron chi connectivity index (χ0n) is 11.1. The summed E-state index contributed by atoms with van der Waals surface area (Å²) in [6, 6.07) is 11.9. The Labute approximate surface area is 109 Å². The van der Waals surface area contributed by atoms with Crippen LogP contribution in [0.25, 0.3) is 0 Å². The van der Waals surface area contributed by atoms with Crippen LogP contribution in [0.4, 0.5) is 5.69 Å². The molecule has 94 valence electrons. The molecule has 3 heteroatoms. The van der Waals surface area contributed by atoms with E-state index in [1.807, 2.05) is 44.2 Å².